The van der Waals surface area contributed by atoms with Crippen LogP contribution in [-0.2, 0) is 11.8 Å². The summed E-state index contributed by atoms with van der Waals surface area (Å²) in [6, 6.07) is 15.5. The van der Waals surface area contributed by atoms with Crippen molar-refractivity contribution in [1.29, 1.82) is 0 Å². The number of esters is 1. The number of benzene rings is 2. The van der Waals surface area contributed by atoms with Crippen LogP contribution in [0, 0.1) is 0 Å². The molecule has 1 atom stereocenters. The minimum absolute atomic E-state index is 0.372. The molecule has 0 radical (unpaired) electrons. The molecule has 0 aliphatic rings. The van der Waals surface area contributed by atoms with Crippen LogP contribution in [0.4, 0.5) is 10.5 Å². The number of hydrogen-bond donors (Lipinski definition) is 2. The number of urea groups is 1. The van der Waals surface area contributed by atoms with E-state index < -0.39 is 6.04 Å². The van der Waals surface area contributed by atoms with Gasteiger partial charge in [0, 0.05) is 25.1 Å². The summed E-state index contributed by atoms with van der Waals surface area (Å²) in [5.74, 6) is 0.349. The summed E-state index contributed by atoms with van der Waals surface area (Å²) in [6.45, 7) is 2.32. The zero-order valence-corrected chi connectivity index (χ0v) is 16.5. The SMILES string of the molecule is CCCOC(=O)c1ccc(NC(=O)N[C@@H](c2ccccc2)c2nccn2C)cc1. The summed E-state index contributed by atoms with van der Waals surface area (Å²) in [6.07, 6.45) is 4.30. The second-order valence-corrected chi connectivity index (χ2v) is 6.55. The third-order valence-electron chi connectivity index (χ3n) is 4.34. The summed E-state index contributed by atoms with van der Waals surface area (Å²) >= 11 is 0. The average molecular weight is 392 g/mol. The highest BCUT2D eigenvalue weighted by molar-refractivity contribution is 5.92. The van der Waals surface area contributed by atoms with Gasteiger partial charge in [-0.05, 0) is 36.2 Å². The van der Waals surface area contributed by atoms with Gasteiger partial charge in [-0.15, -0.1) is 0 Å². The van der Waals surface area contributed by atoms with Crippen molar-refractivity contribution < 1.29 is 14.3 Å². The third-order valence-corrected chi connectivity index (χ3v) is 4.34. The maximum absolute atomic E-state index is 12.6. The first-order valence-corrected chi connectivity index (χ1v) is 9.45. The van der Waals surface area contributed by atoms with Gasteiger partial charge < -0.3 is 19.9 Å². The smallest absolute Gasteiger partial charge is 0.338 e. The minimum atomic E-state index is -0.403. The van der Waals surface area contributed by atoms with Crippen LogP contribution >= 0.6 is 0 Å². The molecule has 2 amide bonds. The Morgan fingerprint density at radius 2 is 1.83 bits per heavy atom. The Kier molecular flexibility index (Phi) is 6.63. The van der Waals surface area contributed by atoms with Gasteiger partial charge >= 0.3 is 12.0 Å². The lowest BCUT2D eigenvalue weighted by atomic mass is 10.1. The molecule has 1 aromatic heterocycles. The molecule has 7 nitrogen and oxygen atoms in total. The van der Waals surface area contributed by atoms with Crippen LogP contribution in [0.2, 0.25) is 0 Å². The van der Waals surface area contributed by atoms with Gasteiger partial charge in [-0.25, -0.2) is 14.6 Å². The van der Waals surface area contributed by atoms with Crippen LogP contribution in [0.1, 0.15) is 41.1 Å². The first-order valence-electron chi connectivity index (χ1n) is 9.45. The van der Waals surface area contributed by atoms with E-state index >= 15 is 0 Å². The second-order valence-electron chi connectivity index (χ2n) is 6.55. The highest BCUT2D eigenvalue weighted by Crippen LogP contribution is 2.20. The Morgan fingerprint density at radius 1 is 1.10 bits per heavy atom. The molecule has 3 rings (SSSR count). The van der Waals surface area contributed by atoms with Crippen molar-refractivity contribution in [2.75, 3.05) is 11.9 Å². The van der Waals surface area contributed by atoms with Crippen LogP contribution in [0.3, 0.4) is 0 Å². The largest absolute Gasteiger partial charge is 0.462 e. The fraction of sp³-hybridized carbons (Fsp3) is 0.227. The molecule has 29 heavy (non-hydrogen) atoms. The van der Waals surface area contributed by atoms with Gasteiger partial charge in [0.1, 0.15) is 11.9 Å². The molecule has 0 aliphatic heterocycles. The van der Waals surface area contributed by atoms with Crippen molar-refractivity contribution in [3.05, 3.63) is 83.9 Å². The lowest BCUT2D eigenvalue weighted by Crippen LogP contribution is -2.34. The zero-order chi connectivity index (χ0) is 20.6. The highest BCUT2D eigenvalue weighted by Gasteiger charge is 2.20. The summed E-state index contributed by atoms with van der Waals surface area (Å²) < 4.78 is 6.97. The number of aryl methyl sites for hydroxylation is 1. The number of ether oxygens (including phenoxy) is 1. The topological polar surface area (TPSA) is 85.2 Å². The van der Waals surface area contributed by atoms with Gasteiger partial charge in [-0.3, -0.25) is 0 Å². The van der Waals surface area contributed by atoms with Crippen LogP contribution in [0.5, 0.6) is 0 Å². The molecule has 2 N–H and O–H groups in total. The summed E-state index contributed by atoms with van der Waals surface area (Å²) in [7, 11) is 1.88. The monoisotopic (exact) mass is 392 g/mol. The van der Waals surface area contributed by atoms with Crippen molar-refractivity contribution in [1.82, 2.24) is 14.9 Å². The van der Waals surface area contributed by atoms with Crippen molar-refractivity contribution in [2.45, 2.75) is 19.4 Å². The number of nitrogens with zero attached hydrogens (tertiary/aromatic N) is 2. The van der Waals surface area contributed by atoms with Gasteiger partial charge in [-0.1, -0.05) is 37.3 Å². The van der Waals surface area contributed by atoms with E-state index in [1.165, 1.54) is 0 Å². The number of rotatable bonds is 7. The fourth-order valence-corrected chi connectivity index (χ4v) is 2.86. The lowest BCUT2D eigenvalue weighted by Gasteiger charge is -2.19. The summed E-state index contributed by atoms with van der Waals surface area (Å²) in [4.78, 5) is 28.9. The van der Waals surface area contributed by atoms with E-state index in [1.54, 1.807) is 30.5 Å². The molecule has 0 saturated carbocycles. The van der Waals surface area contributed by atoms with Crippen LogP contribution < -0.4 is 10.6 Å². The Balaban J connectivity index is 1.69. The zero-order valence-electron chi connectivity index (χ0n) is 16.5. The van der Waals surface area contributed by atoms with Gasteiger partial charge in [0.05, 0.1) is 12.2 Å². The number of aromatic nitrogens is 2. The van der Waals surface area contributed by atoms with E-state index in [-0.39, 0.29) is 12.0 Å². The molecular weight excluding hydrogens is 368 g/mol. The molecule has 2 aromatic carbocycles. The highest BCUT2D eigenvalue weighted by atomic mass is 16.5. The first-order chi connectivity index (χ1) is 14.1. The second kappa shape index (κ2) is 9.54. The Bertz CT molecular complexity index is 952. The number of nitrogens with one attached hydrogen (secondary N) is 2. The standard InChI is InChI=1S/C22H24N4O3/c1-3-15-29-21(27)17-9-11-18(12-10-17)24-22(28)25-19(16-7-5-4-6-8-16)20-23-13-14-26(20)2/h4-14,19H,3,15H2,1-2H3,(H2,24,25,28)/t19-/m0/s1. The summed E-state index contributed by atoms with van der Waals surface area (Å²) in [5, 5.41) is 5.76. The van der Waals surface area contributed by atoms with E-state index in [0.717, 1.165) is 17.8 Å². The predicted octanol–water partition coefficient (Wildman–Crippen LogP) is 3.90. The molecule has 1 heterocycles. The molecule has 0 fully saturated rings. The maximum Gasteiger partial charge on any atom is 0.338 e. The van der Waals surface area contributed by atoms with Crippen LogP contribution in [0.25, 0.3) is 0 Å². The number of carbonyl (C=O) groups is 2. The van der Waals surface area contributed by atoms with Crippen LogP contribution in [0.15, 0.2) is 67.0 Å². The van der Waals surface area contributed by atoms with E-state index in [4.69, 9.17) is 4.74 Å². The minimum Gasteiger partial charge on any atom is -0.462 e. The van der Waals surface area contributed by atoms with E-state index in [0.29, 0.717) is 17.9 Å². The maximum atomic E-state index is 12.6. The fourth-order valence-electron chi connectivity index (χ4n) is 2.86. The van der Waals surface area contributed by atoms with Crippen molar-refractivity contribution in [3.8, 4) is 0 Å². The van der Waals surface area contributed by atoms with Crippen molar-refractivity contribution in [3.63, 3.8) is 0 Å². The van der Waals surface area contributed by atoms with E-state index in [1.807, 2.05) is 55.1 Å². The number of carbonyl (C=O) groups excluding carboxylic acids is 2. The number of hydrogen-bond acceptors (Lipinski definition) is 4. The number of anilines is 1. The molecule has 3 aromatic rings. The molecular formula is C22H24N4O3. The molecule has 150 valence electrons. The normalized spacial score (nSPS) is 11.5. The van der Waals surface area contributed by atoms with E-state index in [9.17, 15) is 9.59 Å². The van der Waals surface area contributed by atoms with Gasteiger partial charge in [0.2, 0.25) is 0 Å². The van der Waals surface area contributed by atoms with Crippen LogP contribution in [-0.4, -0.2) is 28.2 Å². The quantitative estimate of drug-likeness (QED) is 0.597. The molecule has 0 saturated heterocycles. The van der Waals surface area contributed by atoms with E-state index in [2.05, 4.69) is 15.6 Å². The molecule has 0 bridgehead atoms. The lowest BCUT2D eigenvalue weighted by molar-refractivity contribution is 0.0505. The predicted molar refractivity (Wildman–Crippen MR) is 111 cm³/mol. The molecule has 0 unspecified atom stereocenters. The first kappa shape index (κ1) is 20.1. The molecule has 7 heteroatoms. The Labute approximate surface area is 169 Å². The number of amides is 2. The van der Waals surface area contributed by atoms with Crippen molar-refractivity contribution in [2.24, 2.45) is 7.05 Å². The summed E-state index contributed by atoms with van der Waals surface area (Å²) in [5.41, 5.74) is 1.94. The third kappa shape index (κ3) is 5.22. The Morgan fingerprint density at radius 3 is 2.45 bits per heavy atom. The Hall–Kier alpha value is -3.61. The molecule has 0 aliphatic carbocycles. The average Bonchev–Trinajstić information content (AvgIpc) is 3.17. The molecule has 0 spiro atoms. The van der Waals surface area contributed by atoms with Gasteiger partial charge in [0.25, 0.3) is 0 Å². The van der Waals surface area contributed by atoms with Crippen molar-refractivity contribution >= 4 is 17.7 Å². The van der Waals surface area contributed by atoms with Gasteiger partial charge in [-0.2, -0.15) is 0 Å². The number of imidazole rings is 1. The van der Waals surface area contributed by atoms with Gasteiger partial charge in [0.15, 0.2) is 0 Å².